The first kappa shape index (κ1) is 23.3. The molecule has 178 valence electrons. The first-order chi connectivity index (χ1) is 15.7. The summed E-state index contributed by atoms with van der Waals surface area (Å²) in [7, 11) is 3.17. The fourth-order valence-electron chi connectivity index (χ4n) is 4.42. The second-order valence-electron chi connectivity index (χ2n) is 9.82. The summed E-state index contributed by atoms with van der Waals surface area (Å²) in [6.45, 7) is 4.85. The molecular formula is C23H32N6O4. The number of methoxy groups -OCH3 is 2. The molecule has 33 heavy (non-hydrogen) atoms. The maximum Gasteiger partial charge on any atom is 0.254 e. The molecule has 3 N–H and O–H groups in total. The van der Waals surface area contributed by atoms with Gasteiger partial charge in [-0.25, -0.2) is 9.67 Å². The number of aromatic nitrogens is 4. The molecule has 10 nitrogen and oxygen atoms in total. The van der Waals surface area contributed by atoms with Gasteiger partial charge in [-0.3, -0.25) is 9.59 Å². The minimum Gasteiger partial charge on any atom is -0.382 e. The molecule has 0 atom stereocenters. The van der Waals surface area contributed by atoms with Crippen LogP contribution in [-0.4, -0.2) is 64.9 Å². The molecule has 0 aromatic carbocycles. The largest absolute Gasteiger partial charge is 0.382 e. The number of nitrogens with two attached hydrogens (primary N) is 1. The van der Waals surface area contributed by atoms with E-state index in [4.69, 9.17) is 20.3 Å². The van der Waals surface area contributed by atoms with Gasteiger partial charge in [0, 0.05) is 26.8 Å². The van der Waals surface area contributed by atoms with Gasteiger partial charge < -0.3 is 20.5 Å². The smallest absolute Gasteiger partial charge is 0.254 e. The van der Waals surface area contributed by atoms with Gasteiger partial charge in [-0.15, -0.1) is 0 Å². The molecule has 2 aliphatic carbocycles. The predicted molar refractivity (Wildman–Crippen MR) is 122 cm³/mol. The second-order valence-corrected chi connectivity index (χ2v) is 9.82. The normalized spacial score (nSPS) is 17.3. The van der Waals surface area contributed by atoms with E-state index in [0.29, 0.717) is 37.9 Å². The Morgan fingerprint density at radius 2 is 1.97 bits per heavy atom. The summed E-state index contributed by atoms with van der Waals surface area (Å²) in [5.74, 6) is 0.627. The number of rotatable bonds is 10. The topological polar surface area (TPSA) is 134 Å². The minimum atomic E-state index is -0.647. The molecule has 2 aromatic rings. The summed E-state index contributed by atoms with van der Waals surface area (Å²) in [5.41, 5.74) is 7.91. The fraction of sp³-hybridized carbons (Fsp3) is 0.609. The molecule has 2 heterocycles. The number of ether oxygens (including phenoxy) is 2. The number of ketones is 1. The number of nitrogens with one attached hydrogen (secondary N) is 1. The molecule has 4 rings (SSSR count). The molecule has 0 radical (unpaired) electrons. The number of Topliss-reactive ketones (excluding diaryl/α,β-unsaturated/α-hetero) is 1. The lowest BCUT2D eigenvalue weighted by Crippen LogP contribution is -2.32. The van der Waals surface area contributed by atoms with Crippen molar-refractivity contribution < 1.29 is 19.1 Å². The van der Waals surface area contributed by atoms with E-state index in [1.54, 1.807) is 18.9 Å². The van der Waals surface area contributed by atoms with Gasteiger partial charge >= 0.3 is 0 Å². The van der Waals surface area contributed by atoms with Crippen molar-refractivity contribution in [2.24, 2.45) is 17.1 Å². The van der Waals surface area contributed by atoms with Crippen molar-refractivity contribution in [3.05, 3.63) is 28.7 Å². The van der Waals surface area contributed by atoms with Crippen LogP contribution in [0.4, 0.5) is 5.82 Å². The van der Waals surface area contributed by atoms with Crippen LogP contribution in [0.5, 0.6) is 0 Å². The molecule has 0 aliphatic heterocycles. The standard InChI is InChI=1S/C23H32N6O4/c1-23(2)8-17-19(18(30)9-23)16(7-13-5-6-13)28-29(17)22-25-10-15(20(24)31)21(27-22)26-14(11-32-3)12-33-4/h10,13-14H,5-9,11-12H2,1-4H3,(H2,24,31)(H,25,26,27). The van der Waals surface area contributed by atoms with Crippen LogP contribution in [0.15, 0.2) is 6.20 Å². The third kappa shape index (κ3) is 5.06. The van der Waals surface area contributed by atoms with E-state index in [1.807, 2.05) is 0 Å². The number of fused-ring (bicyclic) bond motifs is 1. The van der Waals surface area contributed by atoms with Crippen molar-refractivity contribution in [2.75, 3.05) is 32.8 Å². The van der Waals surface area contributed by atoms with Crippen LogP contribution in [0.1, 0.15) is 65.2 Å². The average Bonchev–Trinajstić information content (AvgIpc) is 3.47. The SMILES string of the molecule is COCC(COC)Nc1nc(-n2nc(CC3CC3)c3c2CC(C)(C)CC3=O)ncc1C(N)=O. The van der Waals surface area contributed by atoms with Crippen LogP contribution in [0.25, 0.3) is 5.95 Å². The molecular weight excluding hydrogens is 424 g/mol. The highest BCUT2D eigenvalue weighted by Crippen LogP contribution is 2.40. The Morgan fingerprint density at radius 3 is 2.58 bits per heavy atom. The molecule has 0 saturated heterocycles. The van der Waals surface area contributed by atoms with Gasteiger partial charge in [0.15, 0.2) is 5.78 Å². The molecule has 1 fully saturated rings. The Labute approximate surface area is 193 Å². The van der Waals surface area contributed by atoms with Gasteiger partial charge in [0.05, 0.1) is 41.8 Å². The van der Waals surface area contributed by atoms with Crippen molar-refractivity contribution in [1.82, 2.24) is 19.7 Å². The van der Waals surface area contributed by atoms with Crippen molar-refractivity contribution in [3.8, 4) is 5.95 Å². The quantitative estimate of drug-likeness (QED) is 0.554. The summed E-state index contributed by atoms with van der Waals surface area (Å²) in [6, 6.07) is -0.252. The van der Waals surface area contributed by atoms with Crippen molar-refractivity contribution in [1.29, 1.82) is 0 Å². The summed E-state index contributed by atoms with van der Waals surface area (Å²) in [5, 5.41) is 7.99. The lowest BCUT2D eigenvalue weighted by Gasteiger charge is -2.29. The molecule has 0 unspecified atom stereocenters. The Morgan fingerprint density at radius 1 is 1.27 bits per heavy atom. The van der Waals surface area contributed by atoms with Crippen LogP contribution in [-0.2, 0) is 22.3 Å². The van der Waals surface area contributed by atoms with E-state index in [-0.39, 0.29) is 28.6 Å². The van der Waals surface area contributed by atoms with Crippen LogP contribution >= 0.6 is 0 Å². The number of carbonyl (C=O) groups excluding carboxylic acids is 2. The van der Waals surface area contributed by atoms with Crippen molar-refractivity contribution in [3.63, 3.8) is 0 Å². The molecule has 2 aliphatic rings. The van der Waals surface area contributed by atoms with E-state index < -0.39 is 5.91 Å². The monoisotopic (exact) mass is 456 g/mol. The van der Waals surface area contributed by atoms with Crippen LogP contribution in [0, 0.1) is 11.3 Å². The second kappa shape index (κ2) is 9.18. The zero-order valence-corrected chi connectivity index (χ0v) is 19.7. The summed E-state index contributed by atoms with van der Waals surface area (Å²) >= 11 is 0. The lowest BCUT2D eigenvalue weighted by atomic mass is 9.75. The van der Waals surface area contributed by atoms with Gasteiger partial charge in [-0.1, -0.05) is 13.8 Å². The number of nitrogens with zero attached hydrogens (tertiary/aromatic N) is 4. The van der Waals surface area contributed by atoms with Gasteiger partial charge in [0.2, 0.25) is 0 Å². The summed E-state index contributed by atoms with van der Waals surface area (Å²) in [6.07, 6.45) is 5.70. The number of hydrogen-bond acceptors (Lipinski definition) is 8. The van der Waals surface area contributed by atoms with E-state index in [1.165, 1.54) is 19.0 Å². The van der Waals surface area contributed by atoms with Crippen LogP contribution in [0.3, 0.4) is 0 Å². The predicted octanol–water partition coefficient (Wildman–Crippen LogP) is 1.94. The molecule has 1 saturated carbocycles. The zero-order chi connectivity index (χ0) is 23.8. The van der Waals surface area contributed by atoms with E-state index in [2.05, 4.69) is 29.1 Å². The number of amides is 1. The molecule has 2 aromatic heterocycles. The lowest BCUT2D eigenvalue weighted by molar-refractivity contribution is 0.0909. The number of anilines is 1. The average molecular weight is 457 g/mol. The van der Waals surface area contributed by atoms with Crippen LogP contribution in [0.2, 0.25) is 0 Å². The third-order valence-corrected chi connectivity index (χ3v) is 6.10. The Hall–Kier alpha value is -2.85. The Bertz CT molecular complexity index is 1050. The summed E-state index contributed by atoms with van der Waals surface area (Å²) < 4.78 is 12.2. The molecule has 0 bridgehead atoms. The molecule has 1 amide bonds. The number of hydrogen-bond donors (Lipinski definition) is 2. The summed E-state index contributed by atoms with van der Waals surface area (Å²) in [4.78, 5) is 34.1. The van der Waals surface area contributed by atoms with Gasteiger partial charge in [-0.05, 0) is 37.0 Å². The highest BCUT2D eigenvalue weighted by Gasteiger charge is 2.38. The van der Waals surface area contributed by atoms with Gasteiger partial charge in [0.1, 0.15) is 5.82 Å². The highest BCUT2D eigenvalue weighted by atomic mass is 16.5. The van der Waals surface area contributed by atoms with Gasteiger partial charge in [-0.2, -0.15) is 10.1 Å². The molecule has 10 heteroatoms. The third-order valence-electron chi connectivity index (χ3n) is 6.10. The first-order valence-corrected chi connectivity index (χ1v) is 11.3. The van der Waals surface area contributed by atoms with Crippen LogP contribution < -0.4 is 11.1 Å². The van der Waals surface area contributed by atoms with E-state index in [9.17, 15) is 9.59 Å². The van der Waals surface area contributed by atoms with Crippen molar-refractivity contribution >= 4 is 17.5 Å². The Kier molecular flexibility index (Phi) is 6.49. The molecule has 0 spiro atoms. The van der Waals surface area contributed by atoms with Gasteiger partial charge in [0.25, 0.3) is 11.9 Å². The first-order valence-electron chi connectivity index (χ1n) is 11.3. The minimum absolute atomic E-state index is 0.121. The van der Waals surface area contributed by atoms with E-state index >= 15 is 0 Å². The Balaban J connectivity index is 1.78. The number of primary amides is 1. The number of carbonyl (C=O) groups is 2. The maximum atomic E-state index is 13.1. The zero-order valence-electron chi connectivity index (χ0n) is 19.7. The maximum absolute atomic E-state index is 13.1. The van der Waals surface area contributed by atoms with Crippen molar-refractivity contribution in [2.45, 2.75) is 52.0 Å². The fourth-order valence-corrected chi connectivity index (χ4v) is 4.42. The highest BCUT2D eigenvalue weighted by molar-refractivity contribution is 6.00. The van der Waals surface area contributed by atoms with E-state index in [0.717, 1.165) is 23.4 Å².